The van der Waals surface area contributed by atoms with E-state index in [4.69, 9.17) is 0 Å². The quantitative estimate of drug-likeness (QED) is 0.373. The van der Waals surface area contributed by atoms with Gasteiger partial charge in [0.2, 0.25) is 10.3 Å². The molecule has 0 aromatic heterocycles. The molecule has 0 radical (unpaired) electrons. The van der Waals surface area contributed by atoms with Gasteiger partial charge in [-0.25, -0.2) is 0 Å². The topological polar surface area (TPSA) is 57.2 Å². The maximum absolute atomic E-state index is 10.6. The zero-order chi connectivity index (χ0) is 7.89. The van der Waals surface area contributed by atoms with E-state index in [0.29, 0.717) is 0 Å². The van der Waals surface area contributed by atoms with Crippen molar-refractivity contribution in [2.45, 2.75) is 4.90 Å². The summed E-state index contributed by atoms with van der Waals surface area (Å²) >= 11 is 0. The third kappa shape index (κ3) is 0.759. The predicted octanol–water partition coefficient (Wildman–Crippen LogP) is -1.41. The van der Waals surface area contributed by atoms with E-state index in [1.54, 1.807) is 12.5 Å². The molecule has 0 aliphatic carbocycles. The smallest absolute Gasteiger partial charge is 0.279 e. The molecule has 0 saturated carbocycles. The van der Waals surface area contributed by atoms with Crippen LogP contribution in [-0.2, 0) is 10.9 Å². The van der Waals surface area contributed by atoms with Crippen LogP contribution in [0.2, 0.25) is 0 Å². The lowest BCUT2D eigenvalue weighted by molar-refractivity contribution is -0.276. The lowest BCUT2D eigenvalue weighted by atomic mass is 10.3. The average molecular weight is 158 g/mol. The van der Waals surface area contributed by atoms with Crippen LogP contribution in [0.4, 0.5) is 0 Å². The Kier molecular flexibility index (Phi) is 1.56. The van der Waals surface area contributed by atoms with E-state index in [2.05, 4.69) is 0 Å². The van der Waals surface area contributed by atoms with Crippen LogP contribution in [-0.4, -0.2) is 12.5 Å². The summed E-state index contributed by atoms with van der Waals surface area (Å²) in [4.78, 5) is 21.2. The third-order valence-electron chi connectivity index (χ3n) is 1.23. The second kappa shape index (κ2) is 2.12. The first-order valence-electron chi connectivity index (χ1n) is 2.63. The largest absolute Gasteiger partial charge is 0.866 e. The van der Waals surface area contributed by atoms with Crippen molar-refractivity contribution in [3.05, 3.63) is 20.4 Å². The standard InChI is InChI=1S/C6H6O3S/c1-10(2)6-4(8)3(7)5(6)9/h1-2H3. The van der Waals surface area contributed by atoms with Gasteiger partial charge >= 0.3 is 0 Å². The molecule has 3 nitrogen and oxygen atoms in total. The van der Waals surface area contributed by atoms with Gasteiger partial charge in [-0.2, -0.15) is 0 Å². The van der Waals surface area contributed by atoms with Gasteiger partial charge in [-0.05, 0) is 0 Å². The highest BCUT2D eigenvalue weighted by atomic mass is 32.2. The average Bonchev–Trinajstić information content (AvgIpc) is 1.87. The minimum atomic E-state index is -0.851. The molecule has 0 heterocycles. The molecule has 0 N–H and O–H groups in total. The van der Waals surface area contributed by atoms with Crippen molar-refractivity contribution in [2.75, 3.05) is 12.5 Å². The molecule has 10 heavy (non-hydrogen) atoms. The summed E-state index contributed by atoms with van der Waals surface area (Å²) in [7, 11) is -0.358. The van der Waals surface area contributed by atoms with Gasteiger partial charge in [-0.1, -0.05) is 0 Å². The summed E-state index contributed by atoms with van der Waals surface area (Å²) in [5.41, 5.74) is -1.44. The van der Waals surface area contributed by atoms with E-state index >= 15 is 0 Å². The summed E-state index contributed by atoms with van der Waals surface area (Å²) < 4.78 is 0. The fourth-order valence-electron chi connectivity index (χ4n) is 0.721. The molecule has 0 unspecified atom stereocenters. The second-order valence-electron chi connectivity index (χ2n) is 2.13. The van der Waals surface area contributed by atoms with Crippen LogP contribution in [0.15, 0.2) is 14.5 Å². The number of rotatable bonds is 1. The van der Waals surface area contributed by atoms with Crippen molar-refractivity contribution in [2.24, 2.45) is 0 Å². The first-order valence-corrected chi connectivity index (χ1v) is 4.67. The Morgan fingerprint density at radius 2 is 1.70 bits per heavy atom. The lowest BCUT2D eigenvalue weighted by Gasteiger charge is -2.08. The molecular formula is C6H6O3S. The first kappa shape index (κ1) is 7.34. The highest BCUT2D eigenvalue weighted by Crippen LogP contribution is 2.11. The van der Waals surface area contributed by atoms with E-state index in [0.717, 1.165) is 0 Å². The highest BCUT2D eigenvalue weighted by molar-refractivity contribution is 7.95. The van der Waals surface area contributed by atoms with Crippen LogP contribution >= 0.6 is 0 Å². The van der Waals surface area contributed by atoms with Crippen LogP contribution in [0.5, 0.6) is 5.75 Å². The van der Waals surface area contributed by atoms with Gasteiger partial charge in [0.05, 0.1) is 0 Å². The Hall–Kier alpha value is -0.770. The molecule has 0 bridgehead atoms. The zero-order valence-corrected chi connectivity index (χ0v) is 6.45. The van der Waals surface area contributed by atoms with Crippen molar-refractivity contribution >= 4 is 10.9 Å². The van der Waals surface area contributed by atoms with Crippen LogP contribution in [0, 0.1) is 0 Å². The summed E-state index contributed by atoms with van der Waals surface area (Å²) in [5.74, 6) is -0.585. The van der Waals surface area contributed by atoms with E-state index in [9.17, 15) is 14.7 Å². The van der Waals surface area contributed by atoms with Crippen molar-refractivity contribution in [1.82, 2.24) is 0 Å². The highest BCUT2D eigenvalue weighted by Gasteiger charge is 2.23. The summed E-state index contributed by atoms with van der Waals surface area (Å²) in [5, 5.41) is 10.6. The van der Waals surface area contributed by atoms with Crippen molar-refractivity contribution in [3.8, 4) is 5.75 Å². The molecule has 1 aromatic rings. The van der Waals surface area contributed by atoms with Gasteiger partial charge in [0.25, 0.3) is 5.43 Å². The van der Waals surface area contributed by atoms with Crippen LogP contribution in [0.25, 0.3) is 0 Å². The molecule has 1 rings (SSSR count). The number of hydrogen-bond acceptors (Lipinski definition) is 3. The Balaban J connectivity index is 3.23. The Bertz CT molecular complexity index is 319. The van der Waals surface area contributed by atoms with E-state index in [1.807, 2.05) is 0 Å². The van der Waals surface area contributed by atoms with Crippen LogP contribution in [0.3, 0.4) is 0 Å². The van der Waals surface area contributed by atoms with Gasteiger partial charge in [-0.3, -0.25) is 9.59 Å². The van der Waals surface area contributed by atoms with E-state index in [1.165, 1.54) is 0 Å². The molecule has 0 spiro atoms. The van der Waals surface area contributed by atoms with E-state index < -0.39 is 16.6 Å². The van der Waals surface area contributed by atoms with Crippen LogP contribution in [0.1, 0.15) is 0 Å². The molecule has 0 aliphatic rings. The van der Waals surface area contributed by atoms with Crippen molar-refractivity contribution in [1.29, 1.82) is 0 Å². The van der Waals surface area contributed by atoms with Gasteiger partial charge in [0, 0.05) is 16.6 Å². The number of hydrogen-bond donors (Lipinski definition) is 0. The van der Waals surface area contributed by atoms with Crippen molar-refractivity contribution < 1.29 is 5.11 Å². The Morgan fingerprint density at radius 1 is 1.20 bits per heavy atom. The molecule has 54 valence electrons. The fourth-order valence-corrected chi connectivity index (χ4v) is 1.65. The van der Waals surface area contributed by atoms with Gasteiger partial charge in [-0.15, -0.1) is 0 Å². The second-order valence-corrected chi connectivity index (χ2v) is 4.17. The maximum Gasteiger partial charge on any atom is 0.279 e. The molecule has 1 aromatic carbocycles. The van der Waals surface area contributed by atoms with Gasteiger partial charge in [0.1, 0.15) is 12.5 Å². The normalized spacial score (nSPS) is 11.1. The molecule has 0 aliphatic heterocycles. The molecule has 0 atom stereocenters. The molecule has 0 fully saturated rings. The summed E-state index contributed by atoms with van der Waals surface area (Å²) in [6.07, 6.45) is 3.50. The van der Waals surface area contributed by atoms with Crippen molar-refractivity contribution in [3.63, 3.8) is 0 Å². The van der Waals surface area contributed by atoms with E-state index in [-0.39, 0.29) is 15.8 Å². The third-order valence-corrected chi connectivity index (χ3v) is 2.42. The maximum atomic E-state index is 10.6. The lowest BCUT2D eigenvalue weighted by Crippen LogP contribution is -2.39. The predicted molar refractivity (Wildman–Crippen MR) is 38.3 cm³/mol. The molecular weight excluding hydrogens is 152 g/mol. The molecule has 4 heteroatoms. The SMILES string of the molecule is C[S+](C)c1c([O-])c(=O)c1=O. The Labute approximate surface area is 60.3 Å². The first-order chi connectivity index (χ1) is 4.55. The molecule has 0 saturated heterocycles. The van der Waals surface area contributed by atoms with Gasteiger partial charge in [0.15, 0.2) is 0 Å². The minimum absolute atomic E-state index is 0.185. The Morgan fingerprint density at radius 3 is 1.90 bits per heavy atom. The van der Waals surface area contributed by atoms with Crippen LogP contribution < -0.4 is 16.0 Å². The zero-order valence-electron chi connectivity index (χ0n) is 5.63. The minimum Gasteiger partial charge on any atom is -0.866 e. The monoisotopic (exact) mass is 158 g/mol. The summed E-state index contributed by atoms with van der Waals surface area (Å²) in [6, 6.07) is 0. The van der Waals surface area contributed by atoms with Gasteiger partial charge < -0.3 is 5.11 Å². The summed E-state index contributed by atoms with van der Waals surface area (Å²) in [6.45, 7) is 0. The fraction of sp³-hybridized carbons (Fsp3) is 0.333. The molecule has 0 amide bonds.